The molecule has 0 spiro atoms. The molecule has 0 aromatic rings. The molecule has 0 aliphatic carbocycles. The fourth-order valence-corrected chi connectivity index (χ4v) is 1.16. The summed E-state index contributed by atoms with van der Waals surface area (Å²) in [5.74, 6) is 0.802. The summed E-state index contributed by atoms with van der Waals surface area (Å²) >= 11 is 3.37. The van der Waals surface area contributed by atoms with Gasteiger partial charge >= 0.3 is 0 Å². The van der Waals surface area contributed by atoms with Crippen LogP contribution in [0.5, 0.6) is 0 Å². The van der Waals surface area contributed by atoms with Crippen LogP contribution in [0, 0.1) is 5.92 Å². The van der Waals surface area contributed by atoms with Crippen LogP contribution in [-0.4, -0.2) is 11.2 Å². The molecule has 0 fully saturated rings. The van der Waals surface area contributed by atoms with Gasteiger partial charge in [0.05, 0.1) is 4.62 Å². The van der Waals surface area contributed by atoms with Crippen molar-refractivity contribution in [2.24, 2.45) is 10.9 Å². The Labute approximate surface area is 58.3 Å². The van der Waals surface area contributed by atoms with E-state index in [4.69, 9.17) is 0 Å². The van der Waals surface area contributed by atoms with Gasteiger partial charge < -0.3 is 0 Å². The van der Waals surface area contributed by atoms with Gasteiger partial charge in [0.25, 0.3) is 0 Å². The first-order valence-electron chi connectivity index (χ1n) is 2.98. The van der Waals surface area contributed by atoms with Crippen molar-refractivity contribution in [3.8, 4) is 0 Å². The number of hydrogen-bond acceptors (Lipinski definition) is 1. The zero-order valence-electron chi connectivity index (χ0n) is 5.02. The topological polar surface area (TPSA) is 12.4 Å². The van der Waals surface area contributed by atoms with Gasteiger partial charge in [0.2, 0.25) is 0 Å². The van der Waals surface area contributed by atoms with E-state index >= 15 is 0 Å². The van der Waals surface area contributed by atoms with Gasteiger partial charge in [-0.25, -0.2) is 0 Å². The van der Waals surface area contributed by atoms with Crippen LogP contribution in [0.2, 0.25) is 0 Å². The number of nitrogens with zero attached hydrogens (tertiary/aromatic N) is 1. The highest BCUT2D eigenvalue weighted by Gasteiger charge is 2.07. The maximum atomic E-state index is 4.24. The minimum Gasteiger partial charge on any atom is -0.282 e. The highest BCUT2D eigenvalue weighted by Crippen LogP contribution is 2.15. The smallest absolute Gasteiger partial charge is 0.0774 e. The molecule has 0 amide bonds. The van der Waals surface area contributed by atoms with E-state index in [1.54, 1.807) is 0 Å². The van der Waals surface area contributed by atoms with Gasteiger partial charge in [-0.1, -0.05) is 6.92 Å². The van der Waals surface area contributed by atoms with E-state index < -0.39 is 0 Å². The van der Waals surface area contributed by atoms with Gasteiger partial charge in [-0.05, 0) is 34.7 Å². The summed E-state index contributed by atoms with van der Waals surface area (Å²) in [5.41, 5.74) is 0. The van der Waals surface area contributed by atoms with E-state index in [2.05, 4.69) is 27.8 Å². The molecular formula is C6H10BrN. The molecule has 1 heterocycles. The van der Waals surface area contributed by atoms with Crippen molar-refractivity contribution < 1.29 is 0 Å². The second-order valence-corrected chi connectivity index (χ2v) is 3.28. The average molecular weight is 176 g/mol. The first kappa shape index (κ1) is 6.27. The number of halogens is 1. The van der Waals surface area contributed by atoms with Crippen LogP contribution in [0.4, 0.5) is 0 Å². The summed E-state index contributed by atoms with van der Waals surface area (Å²) in [4.78, 5) is 4.24. The molecule has 1 aliphatic rings. The van der Waals surface area contributed by atoms with Crippen molar-refractivity contribution in [1.82, 2.24) is 0 Å². The normalized spacial score (nSPS) is 29.8. The molecule has 0 aromatic carbocycles. The first-order valence-corrected chi connectivity index (χ1v) is 3.77. The van der Waals surface area contributed by atoms with Gasteiger partial charge in [0.15, 0.2) is 0 Å². The maximum absolute atomic E-state index is 4.24. The summed E-state index contributed by atoms with van der Waals surface area (Å²) in [6.07, 6.45) is 2.44. The van der Waals surface area contributed by atoms with Crippen molar-refractivity contribution in [3.63, 3.8) is 0 Å². The summed E-state index contributed by atoms with van der Waals surface area (Å²) in [6.45, 7) is 3.25. The predicted octanol–water partition coefficient (Wildman–Crippen LogP) is 2.21. The number of aliphatic imine (C=N–C) groups is 1. The number of rotatable bonds is 0. The lowest BCUT2D eigenvalue weighted by molar-refractivity contribution is 0.542. The maximum Gasteiger partial charge on any atom is 0.0774 e. The van der Waals surface area contributed by atoms with E-state index in [1.165, 1.54) is 6.42 Å². The molecule has 0 saturated heterocycles. The molecule has 1 rings (SSSR count). The van der Waals surface area contributed by atoms with Crippen LogP contribution < -0.4 is 0 Å². The Hall–Kier alpha value is 0.150. The minimum absolute atomic E-state index is 0.802. The zero-order valence-corrected chi connectivity index (χ0v) is 6.61. The molecule has 1 nitrogen and oxygen atoms in total. The van der Waals surface area contributed by atoms with Crippen LogP contribution in [0.3, 0.4) is 0 Å². The fourth-order valence-electron chi connectivity index (χ4n) is 0.791. The van der Waals surface area contributed by atoms with Crippen molar-refractivity contribution in [1.29, 1.82) is 0 Å². The van der Waals surface area contributed by atoms with E-state index in [9.17, 15) is 0 Å². The Balaban J connectivity index is 2.42. The van der Waals surface area contributed by atoms with Gasteiger partial charge in [-0.3, -0.25) is 4.99 Å². The molecule has 0 bridgehead atoms. The van der Waals surface area contributed by atoms with Crippen LogP contribution in [0.25, 0.3) is 0 Å². The molecule has 1 unspecified atom stereocenters. The Morgan fingerprint density at radius 2 is 2.50 bits per heavy atom. The molecule has 1 atom stereocenters. The standard InChI is InChI=1S/C6H10BrN/c1-5-2-3-6(7)8-4-5/h5H,2-4H2,1H3. The second kappa shape index (κ2) is 2.62. The highest BCUT2D eigenvalue weighted by atomic mass is 79.9. The Morgan fingerprint density at radius 3 is 2.88 bits per heavy atom. The van der Waals surface area contributed by atoms with Crippen LogP contribution in [0.1, 0.15) is 19.8 Å². The van der Waals surface area contributed by atoms with Crippen LogP contribution >= 0.6 is 15.9 Å². The lowest BCUT2D eigenvalue weighted by atomic mass is 10.0. The molecular weight excluding hydrogens is 166 g/mol. The first-order chi connectivity index (χ1) is 3.79. The summed E-state index contributed by atoms with van der Waals surface area (Å²) in [5, 5.41) is 0. The van der Waals surface area contributed by atoms with Gasteiger partial charge in [0.1, 0.15) is 0 Å². The SMILES string of the molecule is CC1CCC(Br)=NC1. The fraction of sp³-hybridized carbons (Fsp3) is 0.833. The van der Waals surface area contributed by atoms with Gasteiger partial charge in [-0.15, -0.1) is 0 Å². The molecule has 0 radical (unpaired) electrons. The molecule has 2 heteroatoms. The largest absolute Gasteiger partial charge is 0.282 e. The van der Waals surface area contributed by atoms with Crippen molar-refractivity contribution in [3.05, 3.63) is 0 Å². The third kappa shape index (κ3) is 1.58. The molecule has 0 saturated carbocycles. The quantitative estimate of drug-likeness (QED) is 0.536. The third-order valence-electron chi connectivity index (χ3n) is 1.42. The molecule has 8 heavy (non-hydrogen) atoms. The Kier molecular flexibility index (Phi) is 2.06. The van der Waals surface area contributed by atoms with Crippen molar-refractivity contribution >= 4 is 20.6 Å². The Bertz CT molecular complexity index is 109. The van der Waals surface area contributed by atoms with Gasteiger partial charge in [-0.2, -0.15) is 0 Å². The third-order valence-corrected chi connectivity index (χ3v) is 2.07. The zero-order chi connectivity index (χ0) is 5.98. The van der Waals surface area contributed by atoms with Crippen LogP contribution in [0.15, 0.2) is 4.99 Å². The molecule has 46 valence electrons. The highest BCUT2D eigenvalue weighted by molar-refractivity contribution is 9.18. The Morgan fingerprint density at radius 1 is 1.75 bits per heavy atom. The van der Waals surface area contributed by atoms with Crippen LogP contribution in [-0.2, 0) is 0 Å². The molecule has 1 aliphatic heterocycles. The second-order valence-electron chi connectivity index (χ2n) is 2.36. The summed E-state index contributed by atoms with van der Waals surface area (Å²) < 4.78 is 1.15. The monoisotopic (exact) mass is 175 g/mol. The van der Waals surface area contributed by atoms with E-state index in [-0.39, 0.29) is 0 Å². The molecule has 0 N–H and O–H groups in total. The summed E-state index contributed by atoms with van der Waals surface area (Å²) in [7, 11) is 0. The molecule has 0 aromatic heterocycles. The van der Waals surface area contributed by atoms with Crippen molar-refractivity contribution in [2.45, 2.75) is 19.8 Å². The average Bonchev–Trinajstić information content (AvgIpc) is 1.77. The lowest BCUT2D eigenvalue weighted by Gasteiger charge is -2.12. The number of hydrogen-bond donors (Lipinski definition) is 0. The predicted molar refractivity (Wildman–Crippen MR) is 39.6 cm³/mol. The van der Waals surface area contributed by atoms with E-state index in [1.807, 2.05) is 0 Å². The van der Waals surface area contributed by atoms with E-state index in [0.717, 1.165) is 23.5 Å². The lowest BCUT2D eigenvalue weighted by Crippen LogP contribution is -2.08. The van der Waals surface area contributed by atoms with Gasteiger partial charge in [0, 0.05) is 6.54 Å². The van der Waals surface area contributed by atoms with E-state index in [0.29, 0.717) is 0 Å². The summed E-state index contributed by atoms with van der Waals surface area (Å²) in [6, 6.07) is 0. The van der Waals surface area contributed by atoms with Crippen molar-refractivity contribution in [2.75, 3.05) is 6.54 Å². The minimum atomic E-state index is 0.802.